The number of aromatic nitrogens is 2. The summed E-state index contributed by atoms with van der Waals surface area (Å²) in [5.41, 5.74) is 5.93. The first-order valence-corrected chi connectivity index (χ1v) is 9.70. The molecule has 0 radical (unpaired) electrons. The number of H-pyrrole nitrogens is 1. The van der Waals surface area contributed by atoms with Gasteiger partial charge in [-0.1, -0.05) is 25.6 Å². The molecule has 0 spiro atoms. The van der Waals surface area contributed by atoms with Crippen LogP contribution in [-0.4, -0.2) is 31.3 Å². The summed E-state index contributed by atoms with van der Waals surface area (Å²) in [7, 11) is -1.37. The Balaban J connectivity index is 2.27. The summed E-state index contributed by atoms with van der Waals surface area (Å²) in [5, 5.41) is 0. The highest BCUT2D eigenvalue weighted by molar-refractivity contribution is 6.83. The summed E-state index contributed by atoms with van der Waals surface area (Å²) in [4.78, 5) is 7.23. The van der Waals surface area contributed by atoms with Crippen molar-refractivity contribution in [2.24, 2.45) is 0 Å². The van der Waals surface area contributed by atoms with Crippen molar-refractivity contribution in [3.8, 4) is 17.5 Å². The van der Waals surface area contributed by atoms with Gasteiger partial charge in [-0.2, -0.15) is 4.98 Å². The number of nitrogens with zero attached hydrogens (tertiary/aromatic N) is 1. The maximum atomic E-state index is 12.0. The van der Waals surface area contributed by atoms with Crippen LogP contribution in [0.3, 0.4) is 0 Å². The van der Waals surface area contributed by atoms with Crippen molar-refractivity contribution < 1.29 is 9.13 Å². The minimum absolute atomic E-state index is 0.0160. The van der Waals surface area contributed by atoms with Gasteiger partial charge < -0.3 is 9.72 Å². The van der Waals surface area contributed by atoms with Gasteiger partial charge in [0.2, 0.25) is 0 Å². The van der Waals surface area contributed by atoms with E-state index in [0.29, 0.717) is 6.01 Å². The molecule has 3 nitrogen and oxygen atoms in total. The SMILES string of the molecule is C[Si](C)(C)C#Cc1ccc2nc(OCCF)[nH]c2c1. The fourth-order valence-corrected chi connectivity index (χ4v) is 2.05. The van der Waals surface area contributed by atoms with Gasteiger partial charge in [-0.15, -0.1) is 5.54 Å². The van der Waals surface area contributed by atoms with Gasteiger partial charge >= 0.3 is 0 Å². The fraction of sp³-hybridized carbons (Fsp3) is 0.357. The second-order valence-electron chi connectivity index (χ2n) is 5.31. The normalized spacial score (nSPS) is 11.2. The summed E-state index contributed by atoms with van der Waals surface area (Å²) in [6, 6.07) is 6.12. The first-order chi connectivity index (χ1) is 8.98. The van der Waals surface area contributed by atoms with E-state index in [1.807, 2.05) is 18.2 Å². The molecule has 0 aliphatic rings. The molecule has 1 aromatic heterocycles. The average molecular weight is 276 g/mol. The molecular formula is C14H17FN2OSi. The maximum absolute atomic E-state index is 12.0. The number of halogens is 1. The number of hydrogen-bond acceptors (Lipinski definition) is 2. The Morgan fingerprint density at radius 3 is 2.84 bits per heavy atom. The number of fused-ring (bicyclic) bond motifs is 1. The predicted octanol–water partition coefficient (Wildman–Crippen LogP) is 3.14. The lowest BCUT2D eigenvalue weighted by atomic mass is 10.2. The van der Waals surface area contributed by atoms with Gasteiger partial charge in [-0.05, 0) is 18.2 Å². The topological polar surface area (TPSA) is 37.9 Å². The highest BCUT2D eigenvalue weighted by Gasteiger charge is 2.08. The highest BCUT2D eigenvalue weighted by atomic mass is 28.3. The maximum Gasteiger partial charge on any atom is 0.294 e. The predicted molar refractivity (Wildman–Crippen MR) is 77.8 cm³/mol. The number of aromatic amines is 1. The van der Waals surface area contributed by atoms with E-state index >= 15 is 0 Å². The van der Waals surface area contributed by atoms with E-state index in [-0.39, 0.29) is 6.61 Å². The van der Waals surface area contributed by atoms with Crippen molar-refractivity contribution in [1.29, 1.82) is 0 Å². The van der Waals surface area contributed by atoms with Gasteiger partial charge in [0.15, 0.2) is 0 Å². The minimum Gasteiger partial charge on any atom is -0.462 e. The van der Waals surface area contributed by atoms with E-state index in [1.165, 1.54) is 0 Å². The van der Waals surface area contributed by atoms with Crippen LogP contribution >= 0.6 is 0 Å². The second-order valence-corrected chi connectivity index (χ2v) is 10.1. The first-order valence-electron chi connectivity index (χ1n) is 6.20. The monoisotopic (exact) mass is 276 g/mol. The van der Waals surface area contributed by atoms with Crippen molar-refractivity contribution in [1.82, 2.24) is 9.97 Å². The molecule has 1 aromatic carbocycles. The average Bonchev–Trinajstić information content (AvgIpc) is 2.74. The van der Waals surface area contributed by atoms with Gasteiger partial charge in [-0.3, -0.25) is 0 Å². The van der Waals surface area contributed by atoms with E-state index < -0.39 is 14.7 Å². The lowest BCUT2D eigenvalue weighted by Gasteiger charge is -2.03. The molecule has 0 fully saturated rings. The van der Waals surface area contributed by atoms with Gasteiger partial charge in [0, 0.05) is 5.56 Å². The highest BCUT2D eigenvalue weighted by Crippen LogP contribution is 2.17. The molecule has 1 N–H and O–H groups in total. The van der Waals surface area contributed by atoms with Crippen LogP contribution in [0.1, 0.15) is 5.56 Å². The fourth-order valence-electron chi connectivity index (χ4n) is 1.53. The summed E-state index contributed by atoms with van der Waals surface area (Å²) >= 11 is 0. The molecule has 0 saturated heterocycles. The van der Waals surface area contributed by atoms with Gasteiger partial charge in [0.25, 0.3) is 6.01 Å². The summed E-state index contributed by atoms with van der Waals surface area (Å²) < 4.78 is 17.2. The number of ether oxygens (including phenoxy) is 1. The molecule has 5 heteroatoms. The Kier molecular flexibility index (Phi) is 3.91. The van der Waals surface area contributed by atoms with E-state index in [4.69, 9.17) is 4.74 Å². The number of hydrogen-bond donors (Lipinski definition) is 1. The molecule has 0 unspecified atom stereocenters. The lowest BCUT2D eigenvalue weighted by Crippen LogP contribution is -2.16. The Labute approximate surface area is 113 Å². The molecular weight excluding hydrogens is 259 g/mol. The molecule has 2 rings (SSSR count). The number of alkyl halides is 1. The molecule has 2 aromatic rings. The zero-order chi connectivity index (χ0) is 13.9. The third-order valence-electron chi connectivity index (χ3n) is 2.36. The summed E-state index contributed by atoms with van der Waals surface area (Å²) in [6.45, 7) is 6.11. The van der Waals surface area contributed by atoms with Crippen molar-refractivity contribution in [2.45, 2.75) is 19.6 Å². The second kappa shape index (κ2) is 5.45. The van der Waals surface area contributed by atoms with Gasteiger partial charge in [-0.25, -0.2) is 4.39 Å². The third-order valence-corrected chi connectivity index (χ3v) is 3.23. The minimum atomic E-state index is -1.37. The standard InChI is InChI=1S/C14H17FN2OSi/c1-19(2,3)9-6-11-4-5-12-13(10-11)17-14(16-12)18-8-7-15/h4-5,10H,7-8H2,1-3H3,(H,16,17). The number of benzene rings is 1. The van der Waals surface area contributed by atoms with E-state index in [2.05, 4.69) is 41.1 Å². The molecule has 0 saturated carbocycles. The molecule has 0 atom stereocenters. The summed E-state index contributed by atoms with van der Waals surface area (Å²) in [5.74, 6) is 3.19. The Morgan fingerprint density at radius 2 is 2.16 bits per heavy atom. The first kappa shape index (κ1) is 13.6. The van der Waals surface area contributed by atoms with Crippen molar-refractivity contribution >= 4 is 19.1 Å². The van der Waals surface area contributed by atoms with E-state index in [9.17, 15) is 4.39 Å². The van der Waals surface area contributed by atoms with Crippen LogP contribution < -0.4 is 4.74 Å². The van der Waals surface area contributed by atoms with Crippen LogP contribution in [0, 0.1) is 11.5 Å². The zero-order valence-corrected chi connectivity index (χ0v) is 12.4. The molecule has 0 bridgehead atoms. The quantitative estimate of drug-likeness (QED) is 0.691. The number of rotatable bonds is 3. The molecule has 0 aliphatic heterocycles. The third kappa shape index (κ3) is 3.83. The van der Waals surface area contributed by atoms with Crippen LogP contribution in [0.4, 0.5) is 4.39 Å². The molecule has 1 heterocycles. The largest absolute Gasteiger partial charge is 0.462 e. The van der Waals surface area contributed by atoms with Crippen LogP contribution in [0.5, 0.6) is 6.01 Å². The number of imidazole rings is 1. The van der Waals surface area contributed by atoms with Crippen LogP contribution in [-0.2, 0) is 0 Å². The van der Waals surface area contributed by atoms with Gasteiger partial charge in [0.05, 0.1) is 11.0 Å². The smallest absolute Gasteiger partial charge is 0.294 e. The Morgan fingerprint density at radius 1 is 1.37 bits per heavy atom. The molecule has 100 valence electrons. The lowest BCUT2D eigenvalue weighted by molar-refractivity contribution is 0.258. The van der Waals surface area contributed by atoms with Crippen molar-refractivity contribution in [2.75, 3.05) is 13.3 Å². The number of nitrogens with one attached hydrogen (secondary N) is 1. The van der Waals surface area contributed by atoms with Gasteiger partial charge in [0.1, 0.15) is 21.4 Å². The Bertz CT molecular complexity index is 634. The van der Waals surface area contributed by atoms with E-state index in [1.54, 1.807) is 0 Å². The summed E-state index contributed by atoms with van der Waals surface area (Å²) in [6.07, 6.45) is 0. The molecule has 0 aliphatic carbocycles. The molecule has 0 amide bonds. The van der Waals surface area contributed by atoms with Crippen LogP contribution in [0.25, 0.3) is 11.0 Å². The van der Waals surface area contributed by atoms with Crippen LogP contribution in [0.15, 0.2) is 18.2 Å². The van der Waals surface area contributed by atoms with Crippen molar-refractivity contribution in [3.63, 3.8) is 0 Å². The van der Waals surface area contributed by atoms with Crippen LogP contribution in [0.2, 0.25) is 19.6 Å². The Hall–Kier alpha value is -1.80. The zero-order valence-electron chi connectivity index (χ0n) is 11.4. The molecule has 19 heavy (non-hydrogen) atoms. The van der Waals surface area contributed by atoms with E-state index in [0.717, 1.165) is 16.6 Å². The van der Waals surface area contributed by atoms with Crippen molar-refractivity contribution in [3.05, 3.63) is 23.8 Å².